The number of aliphatic hydroxyl groups is 2. The average molecular weight is 613 g/mol. The van der Waals surface area contributed by atoms with Crippen LogP contribution in [0.25, 0.3) is 21.9 Å². The number of fused-ring (bicyclic) bond motifs is 2. The molecule has 4 aromatic rings. The zero-order chi connectivity index (χ0) is 30.7. The first-order chi connectivity index (χ1) is 20.6. The molecule has 0 bridgehead atoms. The number of likely N-dealkylation sites (N-methyl/N-ethyl adjacent to an activating group) is 1. The molecule has 1 fully saturated rings. The van der Waals surface area contributed by atoms with Crippen molar-refractivity contribution in [1.29, 1.82) is 0 Å². The highest BCUT2D eigenvalue weighted by Gasteiger charge is 2.47. The van der Waals surface area contributed by atoms with Crippen molar-refractivity contribution in [3.63, 3.8) is 0 Å². The molecule has 0 spiro atoms. The van der Waals surface area contributed by atoms with Gasteiger partial charge in [0.2, 0.25) is 10.0 Å². The van der Waals surface area contributed by atoms with Crippen LogP contribution in [-0.2, 0) is 19.6 Å². The van der Waals surface area contributed by atoms with E-state index in [1.54, 1.807) is 19.1 Å². The highest BCUT2D eigenvalue weighted by Crippen LogP contribution is 2.33. The number of benzene rings is 2. The Balaban J connectivity index is 1.18. The van der Waals surface area contributed by atoms with Gasteiger partial charge in [-0.3, -0.25) is 9.36 Å². The third-order valence-electron chi connectivity index (χ3n) is 7.30. The molecule has 4 atom stereocenters. The van der Waals surface area contributed by atoms with E-state index in [-0.39, 0.29) is 11.4 Å². The monoisotopic (exact) mass is 612 g/mol. The minimum atomic E-state index is -3.72. The molecule has 1 saturated heterocycles. The van der Waals surface area contributed by atoms with E-state index in [0.717, 1.165) is 11.1 Å². The van der Waals surface area contributed by atoms with Gasteiger partial charge in [0.05, 0.1) is 11.2 Å². The molecule has 5 N–H and O–H groups in total. The third kappa shape index (κ3) is 6.12. The number of imidazole rings is 1. The summed E-state index contributed by atoms with van der Waals surface area (Å²) in [6, 6.07) is 10.9. The molecular weight excluding hydrogens is 576 g/mol. The first-order valence-electron chi connectivity index (χ1n) is 14.0. The standard InChI is InChI=1S/C28H36N8O6S/c1-4-29-27(39)24-22(37)23(38)28(42-24)36-16-33-21-25(31-15-32-26(21)36)30-13-5-6-14-34-43(40,41)20-12-8-9-17-18(20)10-7-11-19(17)35(2)3/h7-12,15-16,22-24,28,34,37-38H,4-6,13-14H2,1-3H3,(H,29,39)(H,30,31,32)/t22-,23+,24-,28+/m0/s1. The van der Waals surface area contributed by atoms with Crippen LogP contribution in [-0.4, -0.2) is 96.1 Å². The molecule has 0 aliphatic carbocycles. The van der Waals surface area contributed by atoms with Gasteiger partial charge in [-0.25, -0.2) is 28.1 Å². The van der Waals surface area contributed by atoms with E-state index in [1.165, 1.54) is 17.2 Å². The van der Waals surface area contributed by atoms with E-state index in [0.29, 0.717) is 48.3 Å². The van der Waals surface area contributed by atoms with Crippen LogP contribution < -0.4 is 20.3 Å². The summed E-state index contributed by atoms with van der Waals surface area (Å²) in [6.07, 6.45) is -1.13. The van der Waals surface area contributed by atoms with E-state index in [4.69, 9.17) is 4.74 Å². The molecule has 3 heterocycles. The lowest BCUT2D eigenvalue weighted by molar-refractivity contribution is -0.137. The van der Waals surface area contributed by atoms with Crippen LogP contribution in [0.15, 0.2) is 53.9 Å². The van der Waals surface area contributed by atoms with E-state index in [1.807, 2.05) is 43.3 Å². The van der Waals surface area contributed by atoms with Crippen LogP contribution in [0.5, 0.6) is 0 Å². The van der Waals surface area contributed by atoms with Crippen LogP contribution >= 0.6 is 0 Å². The second kappa shape index (κ2) is 12.8. The fourth-order valence-electron chi connectivity index (χ4n) is 5.18. The summed E-state index contributed by atoms with van der Waals surface area (Å²) in [5.74, 6) is -0.0686. The molecule has 43 heavy (non-hydrogen) atoms. The van der Waals surface area contributed by atoms with E-state index in [9.17, 15) is 23.4 Å². The Kier molecular flexibility index (Phi) is 9.08. The van der Waals surface area contributed by atoms with Gasteiger partial charge in [0.15, 0.2) is 29.3 Å². The maximum absolute atomic E-state index is 13.1. The largest absolute Gasteiger partial charge is 0.387 e. The van der Waals surface area contributed by atoms with E-state index in [2.05, 4.69) is 30.3 Å². The fraction of sp³-hybridized carbons (Fsp3) is 0.429. The number of amides is 1. The van der Waals surface area contributed by atoms with Gasteiger partial charge in [0, 0.05) is 50.2 Å². The molecule has 0 unspecified atom stereocenters. The second-order valence-electron chi connectivity index (χ2n) is 10.4. The predicted molar refractivity (Wildman–Crippen MR) is 161 cm³/mol. The lowest BCUT2D eigenvalue weighted by atomic mass is 10.1. The normalized spacial score (nSPS) is 20.5. The summed E-state index contributed by atoms with van der Waals surface area (Å²) in [7, 11) is 0.121. The quantitative estimate of drug-likeness (QED) is 0.144. The van der Waals surface area contributed by atoms with Crippen molar-refractivity contribution in [3.05, 3.63) is 49.1 Å². The second-order valence-corrected chi connectivity index (χ2v) is 12.2. The number of aliphatic hydroxyl groups excluding tert-OH is 2. The summed E-state index contributed by atoms with van der Waals surface area (Å²) in [6.45, 7) is 2.85. The summed E-state index contributed by atoms with van der Waals surface area (Å²) < 4.78 is 36.1. The predicted octanol–water partition coefficient (Wildman–Crippen LogP) is 0.971. The first-order valence-corrected chi connectivity index (χ1v) is 15.5. The topological polar surface area (TPSA) is 184 Å². The Morgan fingerprint density at radius 2 is 1.77 bits per heavy atom. The molecular formula is C28H36N8O6S. The van der Waals surface area contributed by atoms with Crippen molar-refractivity contribution in [2.24, 2.45) is 0 Å². The van der Waals surface area contributed by atoms with Crippen molar-refractivity contribution < 1.29 is 28.2 Å². The van der Waals surface area contributed by atoms with Gasteiger partial charge < -0.3 is 30.5 Å². The number of carbonyl (C=O) groups is 1. The molecule has 2 aromatic carbocycles. The number of hydrogen-bond donors (Lipinski definition) is 5. The molecule has 230 valence electrons. The number of aromatic nitrogens is 4. The van der Waals surface area contributed by atoms with Crippen LogP contribution in [0.3, 0.4) is 0 Å². The Morgan fingerprint density at radius 1 is 1.02 bits per heavy atom. The SMILES string of the molecule is CCNC(=O)[C@H]1O[C@@H](n2cnc3c(NCCCCNS(=O)(=O)c4cccc5c(N(C)C)cccc45)ncnc32)[C@H](O)[C@@H]1O. The molecule has 0 saturated carbocycles. The van der Waals surface area contributed by atoms with Crippen molar-refractivity contribution in [3.8, 4) is 0 Å². The number of sulfonamides is 1. The summed E-state index contributed by atoms with van der Waals surface area (Å²) in [5, 5.41) is 28.3. The lowest BCUT2D eigenvalue weighted by Crippen LogP contribution is -2.42. The average Bonchev–Trinajstić information content (AvgIpc) is 3.55. The number of anilines is 2. The minimum absolute atomic E-state index is 0.243. The minimum Gasteiger partial charge on any atom is -0.387 e. The highest BCUT2D eigenvalue weighted by atomic mass is 32.2. The van der Waals surface area contributed by atoms with Crippen LogP contribution in [0.2, 0.25) is 0 Å². The Hall–Kier alpha value is -3.89. The zero-order valence-corrected chi connectivity index (χ0v) is 25.0. The lowest BCUT2D eigenvalue weighted by Gasteiger charge is -2.17. The number of nitrogens with zero attached hydrogens (tertiary/aromatic N) is 5. The Morgan fingerprint density at radius 3 is 2.53 bits per heavy atom. The van der Waals surface area contributed by atoms with Gasteiger partial charge in [-0.05, 0) is 31.9 Å². The van der Waals surface area contributed by atoms with Gasteiger partial charge in [0.1, 0.15) is 18.5 Å². The number of hydrogen-bond acceptors (Lipinski definition) is 11. The van der Waals surface area contributed by atoms with E-state index < -0.39 is 40.5 Å². The summed E-state index contributed by atoms with van der Waals surface area (Å²) in [4.78, 5) is 27.3. The number of rotatable bonds is 12. The van der Waals surface area contributed by atoms with Crippen molar-refractivity contribution in [1.82, 2.24) is 29.6 Å². The molecule has 0 radical (unpaired) electrons. The first kappa shape index (κ1) is 30.6. The van der Waals surface area contributed by atoms with Gasteiger partial charge >= 0.3 is 0 Å². The number of ether oxygens (including phenoxy) is 1. The fourth-order valence-corrected chi connectivity index (χ4v) is 6.47. The smallest absolute Gasteiger partial charge is 0.252 e. The highest BCUT2D eigenvalue weighted by molar-refractivity contribution is 7.89. The van der Waals surface area contributed by atoms with Crippen molar-refractivity contribution >= 4 is 49.4 Å². The van der Waals surface area contributed by atoms with Crippen molar-refractivity contribution in [2.75, 3.05) is 43.9 Å². The molecule has 1 amide bonds. The summed E-state index contributed by atoms with van der Waals surface area (Å²) in [5.41, 5.74) is 1.71. The third-order valence-corrected chi connectivity index (χ3v) is 8.82. The van der Waals surface area contributed by atoms with Gasteiger partial charge in [-0.15, -0.1) is 0 Å². The maximum Gasteiger partial charge on any atom is 0.252 e. The number of nitrogens with one attached hydrogen (secondary N) is 3. The van der Waals surface area contributed by atoms with Crippen molar-refractivity contribution in [2.45, 2.75) is 49.2 Å². The van der Waals surface area contributed by atoms with Crippen LogP contribution in [0.1, 0.15) is 26.0 Å². The molecule has 15 heteroatoms. The maximum atomic E-state index is 13.1. The molecule has 14 nitrogen and oxygen atoms in total. The van der Waals surface area contributed by atoms with Crippen LogP contribution in [0, 0.1) is 0 Å². The Bertz CT molecular complexity index is 1710. The molecule has 5 rings (SSSR count). The number of unbranched alkanes of at least 4 members (excludes halogenated alkanes) is 1. The molecule has 2 aromatic heterocycles. The zero-order valence-electron chi connectivity index (χ0n) is 24.1. The summed E-state index contributed by atoms with van der Waals surface area (Å²) >= 11 is 0. The van der Waals surface area contributed by atoms with E-state index >= 15 is 0 Å². The van der Waals surface area contributed by atoms with Gasteiger partial charge in [0.25, 0.3) is 5.91 Å². The molecule has 1 aliphatic rings. The molecule has 1 aliphatic heterocycles. The van der Waals surface area contributed by atoms with Gasteiger partial charge in [-0.1, -0.05) is 24.3 Å². The van der Waals surface area contributed by atoms with Gasteiger partial charge in [-0.2, -0.15) is 0 Å². The number of carbonyl (C=O) groups excluding carboxylic acids is 1. The Labute approximate surface area is 249 Å². The van der Waals surface area contributed by atoms with Crippen LogP contribution in [0.4, 0.5) is 11.5 Å².